The number of nitrogens with zero attached hydrogens (tertiary/aromatic N) is 3. The highest BCUT2D eigenvalue weighted by Crippen LogP contribution is 2.34. The lowest BCUT2D eigenvalue weighted by Crippen LogP contribution is -2.26. The van der Waals surface area contributed by atoms with Gasteiger partial charge in [0.05, 0.1) is 5.69 Å². The van der Waals surface area contributed by atoms with Crippen LogP contribution >= 0.6 is 11.8 Å². The van der Waals surface area contributed by atoms with Gasteiger partial charge >= 0.3 is 0 Å². The number of nitrogens with one attached hydrogen (secondary N) is 1. The molecule has 0 aromatic carbocycles. The van der Waals surface area contributed by atoms with Crippen molar-refractivity contribution in [3.05, 3.63) is 11.3 Å². The smallest absolute Gasteiger partial charge is 0.227 e. The Bertz CT molecular complexity index is 427. The van der Waals surface area contributed by atoms with Gasteiger partial charge in [-0.05, 0) is 12.8 Å². The Kier molecular flexibility index (Phi) is 3.59. The Morgan fingerprint density at radius 3 is 2.56 bits per heavy atom. The summed E-state index contributed by atoms with van der Waals surface area (Å²) in [4.78, 5) is 11.9. The van der Waals surface area contributed by atoms with Gasteiger partial charge in [-0.2, -0.15) is 16.7 Å². The highest BCUT2D eigenvalue weighted by atomic mass is 32.2. The molecule has 2 aliphatic rings. The molecule has 0 radical (unpaired) electrons. The van der Waals surface area contributed by atoms with E-state index in [4.69, 9.17) is 9.97 Å². The Hall–Kier alpha value is -0.970. The number of anilines is 2. The Balaban J connectivity index is 1.91. The average Bonchev–Trinajstić information content (AvgIpc) is 2.71. The number of rotatable bonds is 2. The van der Waals surface area contributed by atoms with E-state index in [0.29, 0.717) is 0 Å². The van der Waals surface area contributed by atoms with Gasteiger partial charge < -0.3 is 10.2 Å². The zero-order valence-corrected chi connectivity index (χ0v) is 11.7. The zero-order chi connectivity index (χ0) is 12.4. The summed E-state index contributed by atoms with van der Waals surface area (Å²) in [5.74, 6) is 4.05. The quantitative estimate of drug-likeness (QED) is 0.889. The van der Waals surface area contributed by atoms with E-state index in [0.717, 1.165) is 36.4 Å². The number of thioether (sulfide) groups is 1. The van der Waals surface area contributed by atoms with Gasteiger partial charge in [0.25, 0.3) is 0 Å². The second kappa shape index (κ2) is 5.34. The number of aromatic nitrogens is 2. The van der Waals surface area contributed by atoms with Crippen LogP contribution in [0, 0.1) is 0 Å². The molecule has 98 valence electrons. The van der Waals surface area contributed by atoms with Crippen molar-refractivity contribution in [3.8, 4) is 0 Å². The summed E-state index contributed by atoms with van der Waals surface area (Å²) >= 11 is 1.93. The molecule has 1 N–H and O–H groups in total. The summed E-state index contributed by atoms with van der Waals surface area (Å²) in [6.45, 7) is 2.21. The van der Waals surface area contributed by atoms with Crippen LogP contribution in [-0.2, 0) is 11.5 Å². The molecule has 1 aromatic heterocycles. The summed E-state index contributed by atoms with van der Waals surface area (Å²) in [6, 6.07) is 0. The molecule has 3 rings (SSSR count). The van der Waals surface area contributed by atoms with Crippen LogP contribution in [0.5, 0.6) is 0 Å². The SMILES string of the molecule is CNc1nc(N2CCCCCC2)nc2c1CSC2. The first-order valence-electron chi connectivity index (χ1n) is 6.78. The fourth-order valence-electron chi connectivity index (χ4n) is 2.66. The largest absolute Gasteiger partial charge is 0.373 e. The molecular weight excluding hydrogens is 244 g/mol. The summed E-state index contributed by atoms with van der Waals surface area (Å²) in [5, 5.41) is 3.23. The van der Waals surface area contributed by atoms with Crippen molar-refractivity contribution < 1.29 is 0 Å². The van der Waals surface area contributed by atoms with Crippen molar-refractivity contribution in [2.24, 2.45) is 0 Å². The normalized spacial score (nSPS) is 19.5. The molecule has 2 aliphatic heterocycles. The summed E-state index contributed by atoms with van der Waals surface area (Å²) < 4.78 is 0. The van der Waals surface area contributed by atoms with Crippen molar-refractivity contribution in [2.75, 3.05) is 30.4 Å². The minimum atomic E-state index is 0.933. The van der Waals surface area contributed by atoms with Crippen LogP contribution in [0.1, 0.15) is 36.9 Å². The molecule has 0 spiro atoms. The van der Waals surface area contributed by atoms with Gasteiger partial charge in [0.15, 0.2) is 0 Å². The highest BCUT2D eigenvalue weighted by Gasteiger charge is 2.21. The van der Waals surface area contributed by atoms with Gasteiger partial charge in [0.1, 0.15) is 5.82 Å². The van der Waals surface area contributed by atoms with Crippen LogP contribution in [-0.4, -0.2) is 30.1 Å². The van der Waals surface area contributed by atoms with Crippen molar-refractivity contribution in [1.82, 2.24) is 9.97 Å². The molecule has 0 bridgehead atoms. The summed E-state index contributed by atoms with van der Waals surface area (Å²) in [7, 11) is 1.96. The van der Waals surface area contributed by atoms with Crippen molar-refractivity contribution >= 4 is 23.5 Å². The van der Waals surface area contributed by atoms with Crippen molar-refractivity contribution in [2.45, 2.75) is 37.2 Å². The predicted molar refractivity (Wildman–Crippen MR) is 77.3 cm³/mol. The molecule has 4 nitrogen and oxygen atoms in total. The van der Waals surface area contributed by atoms with Gasteiger partial charge in [0.2, 0.25) is 5.95 Å². The first-order chi connectivity index (χ1) is 8.88. The maximum atomic E-state index is 4.78. The Labute approximate surface area is 113 Å². The molecule has 1 aromatic rings. The minimum Gasteiger partial charge on any atom is -0.373 e. The molecule has 0 unspecified atom stereocenters. The van der Waals surface area contributed by atoms with E-state index in [9.17, 15) is 0 Å². The maximum absolute atomic E-state index is 4.78. The zero-order valence-electron chi connectivity index (χ0n) is 10.9. The fraction of sp³-hybridized carbons (Fsp3) is 0.692. The second-order valence-electron chi connectivity index (χ2n) is 4.94. The van der Waals surface area contributed by atoms with Crippen LogP contribution < -0.4 is 10.2 Å². The van der Waals surface area contributed by atoms with Crippen LogP contribution in [0.4, 0.5) is 11.8 Å². The lowest BCUT2D eigenvalue weighted by atomic mass is 10.2. The molecule has 0 saturated carbocycles. The Morgan fingerprint density at radius 1 is 1.06 bits per heavy atom. The van der Waals surface area contributed by atoms with E-state index in [-0.39, 0.29) is 0 Å². The third-order valence-corrected chi connectivity index (χ3v) is 4.66. The predicted octanol–water partition coefficient (Wildman–Crippen LogP) is 2.65. The molecule has 1 saturated heterocycles. The maximum Gasteiger partial charge on any atom is 0.227 e. The molecule has 3 heterocycles. The van der Waals surface area contributed by atoms with Crippen LogP contribution in [0.15, 0.2) is 0 Å². The molecule has 0 atom stereocenters. The lowest BCUT2D eigenvalue weighted by Gasteiger charge is -2.21. The molecule has 5 heteroatoms. The van der Waals surface area contributed by atoms with Gasteiger partial charge in [-0.1, -0.05) is 12.8 Å². The monoisotopic (exact) mass is 264 g/mol. The van der Waals surface area contributed by atoms with E-state index < -0.39 is 0 Å². The fourth-order valence-corrected chi connectivity index (χ4v) is 3.70. The van der Waals surface area contributed by atoms with Gasteiger partial charge in [-0.25, -0.2) is 4.98 Å². The standard InChI is InChI=1S/C13H20N4S/c1-14-12-10-8-18-9-11(10)15-13(16-12)17-6-4-2-3-5-7-17/h2-9H2,1H3,(H,14,15,16). The molecule has 0 amide bonds. The summed E-state index contributed by atoms with van der Waals surface area (Å²) in [5.41, 5.74) is 2.54. The lowest BCUT2D eigenvalue weighted by molar-refractivity contribution is 0.726. The van der Waals surface area contributed by atoms with E-state index in [2.05, 4.69) is 10.2 Å². The van der Waals surface area contributed by atoms with E-state index in [1.165, 1.54) is 36.9 Å². The van der Waals surface area contributed by atoms with Crippen LogP contribution in [0.2, 0.25) is 0 Å². The first kappa shape index (κ1) is 12.1. The van der Waals surface area contributed by atoms with E-state index in [1.807, 2.05) is 18.8 Å². The number of hydrogen-bond acceptors (Lipinski definition) is 5. The van der Waals surface area contributed by atoms with Crippen LogP contribution in [0.25, 0.3) is 0 Å². The molecular formula is C13H20N4S. The van der Waals surface area contributed by atoms with Crippen molar-refractivity contribution in [1.29, 1.82) is 0 Å². The minimum absolute atomic E-state index is 0.933. The molecule has 18 heavy (non-hydrogen) atoms. The van der Waals surface area contributed by atoms with Gasteiger partial charge in [0, 0.05) is 37.2 Å². The number of hydrogen-bond donors (Lipinski definition) is 1. The van der Waals surface area contributed by atoms with Gasteiger partial charge in [-0.3, -0.25) is 0 Å². The first-order valence-corrected chi connectivity index (χ1v) is 7.94. The van der Waals surface area contributed by atoms with Crippen LogP contribution in [0.3, 0.4) is 0 Å². The highest BCUT2D eigenvalue weighted by molar-refractivity contribution is 7.98. The van der Waals surface area contributed by atoms with Gasteiger partial charge in [-0.15, -0.1) is 0 Å². The van der Waals surface area contributed by atoms with E-state index >= 15 is 0 Å². The number of fused-ring (bicyclic) bond motifs is 1. The molecule has 1 fully saturated rings. The average molecular weight is 264 g/mol. The third kappa shape index (κ3) is 2.28. The van der Waals surface area contributed by atoms with Crippen molar-refractivity contribution in [3.63, 3.8) is 0 Å². The summed E-state index contributed by atoms with van der Waals surface area (Å²) in [6.07, 6.45) is 5.22. The second-order valence-corrected chi connectivity index (χ2v) is 5.93. The topological polar surface area (TPSA) is 41.1 Å². The molecule has 0 aliphatic carbocycles. The Morgan fingerprint density at radius 2 is 1.83 bits per heavy atom. The third-order valence-electron chi connectivity index (χ3n) is 3.69. The van der Waals surface area contributed by atoms with E-state index in [1.54, 1.807) is 0 Å².